The van der Waals surface area contributed by atoms with Gasteiger partial charge in [0.05, 0.1) is 12.5 Å². The van der Waals surface area contributed by atoms with E-state index in [0.29, 0.717) is 19.8 Å². The molecule has 5 heteroatoms. The maximum Gasteiger partial charge on any atom is 0.203 e. The van der Waals surface area contributed by atoms with Crippen molar-refractivity contribution in [3.63, 3.8) is 0 Å². The number of oxazole rings is 1. The molecule has 2 heterocycles. The van der Waals surface area contributed by atoms with E-state index in [2.05, 4.69) is 4.98 Å². The number of benzene rings is 1. The van der Waals surface area contributed by atoms with Crippen LogP contribution < -0.4 is 10.5 Å². The second-order valence-corrected chi connectivity index (χ2v) is 4.95. The first-order valence-electron chi connectivity index (χ1n) is 6.50. The van der Waals surface area contributed by atoms with E-state index >= 15 is 0 Å². The van der Waals surface area contributed by atoms with Crippen molar-refractivity contribution in [3.8, 4) is 5.75 Å². The van der Waals surface area contributed by atoms with Gasteiger partial charge >= 0.3 is 0 Å². The van der Waals surface area contributed by atoms with Gasteiger partial charge < -0.3 is 19.6 Å². The lowest BCUT2D eigenvalue weighted by Gasteiger charge is -2.32. The van der Waals surface area contributed by atoms with Gasteiger partial charge in [0.1, 0.15) is 11.3 Å². The number of hydrogen-bond donors (Lipinski definition) is 1. The number of nitrogens with two attached hydrogens (primary N) is 1. The van der Waals surface area contributed by atoms with Crippen LogP contribution >= 0.6 is 0 Å². The average molecular weight is 262 g/mol. The van der Waals surface area contributed by atoms with E-state index in [4.69, 9.17) is 19.6 Å². The van der Waals surface area contributed by atoms with Gasteiger partial charge in [-0.3, -0.25) is 0 Å². The molecule has 0 atom stereocenters. The lowest BCUT2D eigenvalue weighted by Crippen LogP contribution is -2.40. The van der Waals surface area contributed by atoms with Crippen LogP contribution in [-0.2, 0) is 10.2 Å². The van der Waals surface area contributed by atoms with Crippen LogP contribution in [0.15, 0.2) is 22.6 Å². The highest BCUT2D eigenvalue weighted by atomic mass is 16.5. The molecule has 0 aliphatic carbocycles. The molecular weight excluding hydrogens is 244 g/mol. The lowest BCUT2D eigenvalue weighted by atomic mass is 9.80. The molecule has 102 valence electrons. The molecule has 2 aromatic rings. The van der Waals surface area contributed by atoms with Gasteiger partial charge in [-0.25, -0.2) is 4.98 Å². The van der Waals surface area contributed by atoms with E-state index in [9.17, 15) is 0 Å². The standard InChI is InChI=1S/C14H18N2O3/c1-17-10-2-3-11-12(8-10)19-13(16-11)14(9-15)4-6-18-7-5-14/h2-3,8H,4-7,9,15H2,1H3. The summed E-state index contributed by atoms with van der Waals surface area (Å²) in [4.78, 5) is 4.60. The number of nitrogens with zero attached hydrogens (tertiary/aromatic N) is 1. The molecular formula is C14H18N2O3. The lowest BCUT2D eigenvalue weighted by molar-refractivity contribution is 0.0438. The van der Waals surface area contributed by atoms with Gasteiger partial charge in [0, 0.05) is 25.8 Å². The number of aromatic nitrogens is 1. The Morgan fingerprint density at radius 3 is 2.84 bits per heavy atom. The third-order valence-electron chi connectivity index (χ3n) is 3.89. The van der Waals surface area contributed by atoms with E-state index in [1.165, 1.54) is 0 Å². The average Bonchev–Trinajstić information content (AvgIpc) is 2.91. The maximum absolute atomic E-state index is 5.97. The van der Waals surface area contributed by atoms with Crippen molar-refractivity contribution in [2.45, 2.75) is 18.3 Å². The second kappa shape index (κ2) is 4.83. The zero-order valence-corrected chi connectivity index (χ0v) is 11.0. The summed E-state index contributed by atoms with van der Waals surface area (Å²) in [6, 6.07) is 5.65. The zero-order valence-electron chi connectivity index (χ0n) is 11.0. The number of fused-ring (bicyclic) bond motifs is 1. The monoisotopic (exact) mass is 262 g/mol. The van der Waals surface area contributed by atoms with Crippen molar-refractivity contribution < 1.29 is 13.9 Å². The van der Waals surface area contributed by atoms with Crippen molar-refractivity contribution in [1.29, 1.82) is 0 Å². The summed E-state index contributed by atoms with van der Waals surface area (Å²) in [5.41, 5.74) is 7.36. The Balaban J connectivity index is 2.03. The van der Waals surface area contributed by atoms with Crippen molar-refractivity contribution >= 4 is 11.1 Å². The second-order valence-electron chi connectivity index (χ2n) is 4.95. The molecule has 0 bridgehead atoms. The molecule has 1 aliphatic heterocycles. The molecule has 0 spiro atoms. The summed E-state index contributed by atoms with van der Waals surface area (Å²) in [5, 5.41) is 0. The quantitative estimate of drug-likeness (QED) is 0.914. The van der Waals surface area contributed by atoms with E-state index in [0.717, 1.165) is 35.6 Å². The Morgan fingerprint density at radius 2 is 2.16 bits per heavy atom. The first kappa shape index (κ1) is 12.4. The van der Waals surface area contributed by atoms with Gasteiger partial charge in [0.15, 0.2) is 5.58 Å². The fourth-order valence-electron chi connectivity index (χ4n) is 2.53. The largest absolute Gasteiger partial charge is 0.497 e. The third-order valence-corrected chi connectivity index (χ3v) is 3.89. The molecule has 0 amide bonds. The molecule has 19 heavy (non-hydrogen) atoms. The summed E-state index contributed by atoms with van der Waals surface area (Å²) in [6.45, 7) is 1.94. The minimum absolute atomic E-state index is 0.190. The molecule has 2 N–H and O–H groups in total. The SMILES string of the molecule is COc1ccc2nc(C3(CN)CCOCC3)oc2c1. The van der Waals surface area contributed by atoms with Gasteiger partial charge in [-0.1, -0.05) is 0 Å². The van der Waals surface area contributed by atoms with Crippen LogP contribution in [0.3, 0.4) is 0 Å². The normalized spacial score (nSPS) is 18.6. The Bertz CT molecular complexity index is 573. The first-order valence-corrected chi connectivity index (χ1v) is 6.50. The minimum atomic E-state index is -0.190. The van der Waals surface area contributed by atoms with Gasteiger partial charge in [-0.2, -0.15) is 0 Å². The van der Waals surface area contributed by atoms with Crippen molar-refractivity contribution in [1.82, 2.24) is 4.98 Å². The number of methoxy groups -OCH3 is 1. The van der Waals surface area contributed by atoms with Crippen LogP contribution in [0.4, 0.5) is 0 Å². The fraction of sp³-hybridized carbons (Fsp3) is 0.500. The molecule has 0 unspecified atom stereocenters. The predicted molar refractivity (Wildman–Crippen MR) is 71.3 cm³/mol. The first-order chi connectivity index (χ1) is 9.27. The predicted octanol–water partition coefficient (Wildman–Crippen LogP) is 1.84. The van der Waals surface area contributed by atoms with Crippen molar-refractivity contribution in [2.75, 3.05) is 26.9 Å². The number of rotatable bonds is 3. The summed E-state index contributed by atoms with van der Waals surface area (Å²) >= 11 is 0. The zero-order chi connectivity index (χ0) is 13.3. The minimum Gasteiger partial charge on any atom is -0.497 e. The highest BCUT2D eigenvalue weighted by Gasteiger charge is 2.37. The van der Waals surface area contributed by atoms with E-state index in [1.54, 1.807) is 7.11 Å². The highest BCUT2D eigenvalue weighted by Crippen LogP contribution is 2.35. The Hall–Kier alpha value is -1.59. The van der Waals surface area contributed by atoms with Gasteiger partial charge in [0.25, 0.3) is 0 Å². The molecule has 3 rings (SSSR count). The van der Waals surface area contributed by atoms with Crippen LogP contribution in [0.2, 0.25) is 0 Å². The Morgan fingerprint density at radius 1 is 1.37 bits per heavy atom. The molecule has 1 saturated heterocycles. The van der Waals surface area contributed by atoms with Crippen LogP contribution in [0.1, 0.15) is 18.7 Å². The van der Waals surface area contributed by atoms with Gasteiger partial charge in [-0.15, -0.1) is 0 Å². The summed E-state index contributed by atoms with van der Waals surface area (Å²) < 4.78 is 16.5. The Labute approximate surface area is 111 Å². The third kappa shape index (κ3) is 2.09. The molecule has 1 fully saturated rings. The van der Waals surface area contributed by atoms with E-state index in [1.807, 2.05) is 18.2 Å². The maximum atomic E-state index is 5.97. The van der Waals surface area contributed by atoms with Crippen molar-refractivity contribution in [3.05, 3.63) is 24.1 Å². The molecule has 1 aromatic heterocycles. The molecule has 1 aromatic carbocycles. The summed E-state index contributed by atoms with van der Waals surface area (Å²) in [7, 11) is 1.64. The van der Waals surface area contributed by atoms with E-state index < -0.39 is 0 Å². The number of ether oxygens (including phenoxy) is 2. The molecule has 1 aliphatic rings. The van der Waals surface area contributed by atoms with Gasteiger partial charge in [0.2, 0.25) is 5.89 Å². The van der Waals surface area contributed by atoms with E-state index in [-0.39, 0.29) is 5.41 Å². The van der Waals surface area contributed by atoms with Crippen LogP contribution in [0.25, 0.3) is 11.1 Å². The van der Waals surface area contributed by atoms with Crippen LogP contribution in [-0.4, -0.2) is 31.9 Å². The molecule has 0 radical (unpaired) electrons. The van der Waals surface area contributed by atoms with Crippen molar-refractivity contribution in [2.24, 2.45) is 5.73 Å². The number of hydrogen-bond acceptors (Lipinski definition) is 5. The smallest absolute Gasteiger partial charge is 0.203 e. The van der Waals surface area contributed by atoms with Gasteiger partial charge in [-0.05, 0) is 25.0 Å². The summed E-state index contributed by atoms with van der Waals surface area (Å²) in [5.74, 6) is 1.49. The molecule has 0 saturated carbocycles. The Kier molecular flexibility index (Phi) is 3.16. The van der Waals surface area contributed by atoms with Crippen LogP contribution in [0.5, 0.6) is 5.75 Å². The fourth-order valence-corrected chi connectivity index (χ4v) is 2.53. The highest BCUT2D eigenvalue weighted by molar-refractivity contribution is 5.74. The van der Waals surface area contributed by atoms with Crippen LogP contribution in [0, 0.1) is 0 Å². The summed E-state index contributed by atoms with van der Waals surface area (Å²) in [6.07, 6.45) is 1.71. The molecule has 5 nitrogen and oxygen atoms in total. The topological polar surface area (TPSA) is 70.5 Å².